The monoisotopic (exact) mass is 297 g/mol. The van der Waals surface area contributed by atoms with E-state index in [4.69, 9.17) is 0 Å². The van der Waals surface area contributed by atoms with Gasteiger partial charge in [-0.2, -0.15) is 0 Å². The average molecular weight is 298 g/mol. The normalized spacial score (nSPS) is 12.7. The van der Waals surface area contributed by atoms with Gasteiger partial charge in [0.1, 0.15) is 0 Å². The first-order valence-corrected chi connectivity index (χ1v) is 6.66. The Morgan fingerprint density at radius 3 is 2.94 bits per heavy atom. The van der Waals surface area contributed by atoms with Gasteiger partial charge >= 0.3 is 0 Å². The zero-order valence-electron chi connectivity index (χ0n) is 8.85. The van der Waals surface area contributed by atoms with E-state index in [2.05, 4.69) is 20.9 Å². The Morgan fingerprint density at radius 1 is 1.50 bits per heavy atom. The van der Waals surface area contributed by atoms with Crippen LogP contribution in [-0.4, -0.2) is 10.1 Å². The predicted molar refractivity (Wildman–Crippen MR) is 69.7 cm³/mol. The number of aliphatic hydroxyl groups is 1. The number of hydrogen-bond acceptors (Lipinski definition) is 3. The average Bonchev–Trinajstić information content (AvgIpc) is 2.70. The predicted octanol–water partition coefficient (Wildman–Crippen LogP) is 3.49. The minimum Gasteiger partial charge on any atom is -0.388 e. The highest BCUT2D eigenvalue weighted by molar-refractivity contribution is 9.10. The molecule has 84 valence electrons. The number of aryl methyl sites for hydroxylation is 1. The van der Waals surface area contributed by atoms with Crippen LogP contribution in [0.4, 0.5) is 0 Å². The third kappa shape index (κ3) is 2.70. The summed E-state index contributed by atoms with van der Waals surface area (Å²) in [6.07, 6.45) is 1.83. The Bertz CT molecular complexity index is 470. The van der Waals surface area contributed by atoms with Crippen molar-refractivity contribution in [1.29, 1.82) is 0 Å². The first-order chi connectivity index (χ1) is 7.66. The summed E-state index contributed by atoms with van der Waals surface area (Å²) in [7, 11) is 0. The third-order valence-electron chi connectivity index (χ3n) is 2.37. The fourth-order valence-electron chi connectivity index (χ4n) is 1.53. The molecular weight excluding hydrogens is 286 g/mol. The van der Waals surface area contributed by atoms with Crippen molar-refractivity contribution in [3.63, 3.8) is 0 Å². The van der Waals surface area contributed by atoms with E-state index in [0.29, 0.717) is 6.42 Å². The van der Waals surface area contributed by atoms with E-state index in [1.165, 1.54) is 5.56 Å². The molecule has 0 aliphatic heterocycles. The largest absolute Gasteiger partial charge is 0.388 e. The molecule has 2 rings (SSSR count). The number of aliphatic hydroxyl groups excluding tert-OH is 1. The van der Waals surface area contributed by atoms with E-state index in [1.807, 2.05) is 30.5 Å². The van der Waals surface area contributed by atoms with Crippen LogP contribution in [0, 0.1) is 6.92 Å². The second-order valence-corrected chi connectivity index (χ2v) is 5.50. The van der Waals surface area contributed by atoms with E-state index < -0.39 is 6.10 Å². The van der Waals surface area contributed by atoms with Gasteiger partial charge in [0.05, 0.1) is 11.1 Å². The highest BCUT2D eigenvalue weighted by Crippen LogP contribution is 2.27. The maximum Gasteiger partial charge on any atom is 0.0954 e. The van der Waals surface area contributed by atoms with Gasteiger partial charge < -0.3 is 5.11 Å². The van der Waals surface area contributed by atoms with Gasteiger partial charge in [0.25, 0.3) is 0 Å². The van der Waals surface area contributed by atoms with Crippen LogP contribution in [0.2, 0.25) is 0 Å². The molecule has 0 amide bonds. The van der Waals surface area contributed by atoms with Crippen molar-refractivity contribution in [1.82, 2.24) is 4.98 Å². The Hall–Kier alpha value is -0.710. The molecule has 1 atom stereocenters. The molecule has 2 aromatic rings. The second-order valence-electron chi connectivity index (χ2n) is 3.67. The molecule has 0 fully saturated rings. The van der Waals surface area contributed by atoms with Crippen molar-refractivity contribution in [3.8, 4) is 0 Å². The summed E-state index contributed by atoms with van der Waals surface area (Å²) in [6.45, 7) is 2.03. The quantitative estimate of drug-likeness (QED) is 0.941. The zero-order chi connectivity index (χ0) is 11.5. The Kier molecular flexibility index (Phi) is 3.74. The molecule has 16 heavy (non-hydrogen) atoms. The van der Waals surface area contributed by atoms with Gasteiger partial charge in [-0.1, -0.05) is 28.1 Å². The molecule has 1 aromatic heterocycles. The van der Waals surface area contributed by atoms with Gasteiger partial charge in [-0.25, -0.2) is 4.98 Å². The third-order valence-corrected chi connectivity index (χ3v) is 3.86. The number of halogens is 1. The van der Waals surface area contributed by atoms with Gasteiger partial charge in [-0.3, -0.25) is 0 Å². The van der Waals surface area contributed by atoms with E-state index in [-0.39, 0.29) is 0 Å². The number of hydrogen-bond donors (Lipinski definition) is 1. The molecule has 0 aliphatic carbocycles. The zero-order valence-corrected chi connectivity index (χ0v) is 11.3. The lowest BCUT2D eigenvalue weighted by atomic mass is 10.1. The van der Waals surface area contributed by atoms with Crippen LogP contribution in [0.1, 0.15) is 22.2 Å². The van der Waals surface area contributed by atoms with Crippen molar-refractivity contribution < 1.29 is 5.11 Å². The number of benzene rings is 1. The maximum absolute atomic E-state index is 10.1. The summed E-state index contributed by atoms with van der Waals surface area (Å²) in [4.78, 5) is 4.17. The summed E-state index contributed by atoms with van der Waals surface area (Å²) in [5, 5.41) is 13.0. The molecule has 1 N–H and O–H groups in total. The maximum atomic E-state index is 10.1. The van der Waals surface area contributed by atoms with E-state index >= 15 is 0 Å². The molecule has 0 aliphatic rings. The minimum absolute atomic E-state index is 0.499. The smallest absolute Gasteiger partial charge is 0.0954 e. The van der Waals surface area contributed by atoms with Crippen molar-refractivity contribution >= 4 is 27.3 Å². The lowest BCUT2D eigenvalue weighted by Crippen LogP contribution is -2.02. The molecule has 1 unspecified atom stereocenters. The fourth-order valence-corrected chi connectivity index (χ4v) is 2.94. The van der Waals surface area contributed by atoms with Crippen LogP contribution in [-0.2, 0) is 6.42 Å². The van der Waals surface area contributed by atoms with Crippen LogP contribution < -0.4 is 0 Å². The van der Waals surface area contributed by atoms with Crippen molar-refractivity contribution in [2.45, 2.75) is 19.4 Å². The molecule has 0 saturated heterocycles. The Balaban J connectivity index is 2.17. The van der Waals surface area contributed by atoms with Gasteiger partial charge in [0.2, 0.25) is 0 Å². The second kappa shape index (κ2) is 5.08. The summed E-state index contributed by atoms with van der Waals surface area (Å²) in [5.41, 5.74) is 2.10. The van der Waals surface area contributed by atoms with Gasteiger partial charge in [0, 0.05) is 22.5 Å². The highest BCUT2D eigenvalue weighted by atomic mass is 79.9. The van der Waals surface area contributed by atoms with Crippen molar-refractivity contribution in [2.75, 3.05) is 0 Å². The molecule has 1 aromatic carbocycles. The molecule has 4 heteroatoms. The van der Waals surface area contributed by atoms with Crippen molar-refractivity contribution in [3.05, 3.63) is 50.4 Å². The first kappa shape index (κ1) is 11.8. The summed E-state index contributed by atoms with van der Waals surface area (Å²) < 4.78 is 0.955. The lowest BCUT2D eigenvalue weighted by Gasteiger charge is -2.11. The summed E-state index contributed by atoms with van der Waals surface area (Å²) >= 11 is 5.04. The van der Waals surface area contributed by atoms with Crippen LogP contribution in [0.5, 0.6) is 0 Å². The van der Waals surface area contributed by atoms with Crippen LogP contribution in [0.3, 0.4) is 0 Å². The Labute approximate surface area is 107 Å². The lowest BCUT2D eigenvalue weighted by molar-refractivity contribution is 0.177. The molecule has 0 spiro atoms. The molecule has 0 saturated carbocycles. The molecule has 0 radical (unpaired) electrons. The van der Waals surface area contributed by atoms with Crippen LogP contribution in [0.15, 0.2) is 34.2 Å². The highest BCUT2D eigenvalue weighted by Gasteiger charge is 2.13. The topological polar surface area (TPSA) is 33.1 Å². The fraction of sp³-hybridized carbons (Fsp3) is 0.250. The summed E-state index contributed by atoms with van der Waals surface area (Å²) in [6, 6.07) is 5.98. The van der Waals surface area contributed by atoms with Crippen molar-refractivity contribution in [2.24, 2.45) is 0 Å². The van der Waals surface area contributed by atoms with Crippen LogP contribution in [0.25, 0.3) is 0 Å². The van der Waals surface area contributed by atoms with E-state index in [0.717, 1.165) is 15.0 Å². The standard InChI is InChI=1S/C12H12BrNOS/c1-8-2-3-9(10(13)6-8)11(15)7-12-14-4-5-16-12/h2-6,11,15H,7H2,1H3. The van der Waals surface area contributed by atoms with E-state index in [9.17, 15) is 5.11 Å². The SMILES string of the molecule is Cc1ccc(C(O)Cc2nccs2)c(Br)c1. The van der Waals surface area contributed by atoms with Gasteiger partial charge in [0.15, 0.2) is 0 Å². The Morgan fingerprint density at radius 2 is 2.31 bits per heavy atom. The van der Waals surface area contributed by atoms with Gasteiger partial charge in [-0.15, -0.1) is 11.3 Å². The van der Waals surface area contributed by atoms with Gasteiger partial charge in [-0.05, 0) is 24.1 Å². The number of aromatic nitrogens is 1. The van der Waals surface area contributed by atoms with Crippen LogP contribution >= 0.6 is 27.3 Å². The summed E-state index contributed by atoms with van der Waals surface area (Å²) in [5.74, 6) is 0. The molecule has 2 nitrogen and oxygen atoms in total. The number of nitrogens with zero attached hydrogens (tertiary/aromatic N) is 1. The first-order valence-electron chi connectivity index (χ1n) is 4.99. The minimum atomic E-state index is -0.499. The number of rotatable bonds is 3. The molecule has 1 heterocycles. The number of thiazole rings is 1. The van der Waals surface area contributed by atoms with E-state index in [1.54, 1.807) is 17.5 Å². The molecule has 0 bridgehead atoms. The molecular formula is C12H12BrNOS.